The number of aromatic hydroxyl groups is 1. The van der Waals surface area contributed by atoms with Gasteiger partial charge in [-0.05, 0) is 13.8 Å². The number of anilines is 1. The van der Waals surface area contributed by atoms with E-state index >= 15 is 0 Å². The zero-order chi connectivity index (χ0) is 35.0. The van der Waals surface area contributed by atoms with Gasteiger partial charge in [0.1, 0.15) is 23.7 Å². The van der Waals surface area contributed by atoms with Crippen LogP contribution in [-0.2, 0) is 30.6 Å². The average Bonchev–Trinajstić information content (AvgIpc) is 3.41. The minimum atomic E-state index is -1.84. The van der Waals surface area contributed by atoms with Crippen LogP contribution in [0.25, 0.3) is 0 Å². The van der Waals surface area contributed by atoms with E-state index in [1.807, 2.05) is 0 Å². The number of β-lactam (4-membered cyclic amide) rings is 1. The number of thioether (sulfide) groups is 1. The van der Waals surface area contributed by atoms with E-state index < -0.39 is 63.6 Å². The number of aliphatic carboxylic acids is 2. The molecule has 19 nitrogen and oxygen atoms in total. The molecule has 6 N–H and O–H groups in total. The molecule has 2 atom stereocenters. The fourth-order valence-electron chi connectivity index (χ4n) is 4.62. The predicted octanol–water partition coefficient (Wildman–Crippen LogP) is -2.55. The van der Waals surface area contributed by atoms with Crippen molar-refractivity contribution in [3.8, 4) is 5.75 Å². The summed E-state index contributed by atoms with van der Waals surface area (Å²) in [5.74, 6) is -6.90. The molecule has 0 bridgehead atoms. The van der Waals surface area contributed by atoms with Gasteiger partial charge in [-0.2, -0.15) is 9.36 Å². The highest BCUT2D eigenvalue weighted by molar-refractivity contribution is 8.00. The van der Waals surface area contributed by atoms with E-state index in [0.29, 0.717) is 5.57 Å². The second kappa shape index (κ2) is 13.0. The quantitative estimate of drug-likeness (QED) is 0.0625. The normalized spacial score (nSPS) is 18.3. The third kappa shape index (κ3) is 7.36. The number of amides is 2. The number of carbonyl (C=O) groups is 5. The molecule has 2 amide bonds. The van der Waals surface area contributed by atoms with E-state index in [2.05, 4.69) is 19.8 Å². The number of nitrogens with one attached hydrogen (secondary N) is 1. The van der Waals surface area contributed by atoms with Crippen molar-refractivity contribution in [1.29, 1.82) is 0 Å². The Morgan fingerprint density at radius 1 is 1.26 bits per heavy atom. The summed E-state index contributed by atoms with van der Waals surface area (Å²) in [6.45, 7) is 2.75. The van der Waals surface area contributed by atoms with Gasteiger partial charge in [0.25, 0.3) is 11.8 Å². The lowest BCUT2D eigenvalue weighted by molar-refractivity contribution is -0.886. The molecule has 1 fully saturated rings. The van der Waals surface area contributed by atoms with Crippen molar-refractivity contribution >= 4 is 63.9 Å². The van der Waals surface area contributed by atoms with E-state index in [1.54, 1.807) is 14.1 Å². The number of aromatic carboxylic acids is 1. The molecule has 0 saturated carbocycles. The van der Waals surface area contributed by atoms with Crippen molar-refractivity contribution in [3.63, 3.8) is 0 Å². The molecule has 0 aromatic carbocycles. The number of quaternary nitrogens is 1. The highest BCUT2D eigenvalue weighted by Crippen LogP contribution is 2.40. The number of oxime groups is 1. The first-order valence-corrected chi connectivity index (χ1v) is 15.4. The number of carboxylic acid groups (broad SMARTS) is 3. The Hall–Kier alpha value is -5.02. The Bertz CT molecular complexity index is 1780. The van der Waals surface area contributed by atoms with Gasteiger partial charge in [0.05, 0.1) is 45.0 Å². The third-order valence-corrected chi connectivity index (χ3v) is 9.05. The lowest BCUT2D eigenvalue weighted by Gasteiger charge is -2.51. The van der Waals surface area contributed by atoms with Gasteiger partial charge in [-0.25, -0.2) is 9.59 Å². The molecule has 21 heteroatoms. The minimum Gasteiger partial charge on any atom is -0.543 e. The first kappa shape index (κ1) is 34.8. The molecule has 4 heterocycles. The van der Waals surface area contributed by atoms with E-state index in [4.69, 9.17) is 10.6 Å². The van der Waals surface area contributed by atoms with Crippen molar-refractivity contribution in [1.82, 2.24) is 24.1 Å². The van der Waals surface area contributed by atoms with Crippen molar-refractivity contribution in [2.45, 2.75) is 37.4 Å². The summed E-state index contributed by atoms with van der Waals surface area (Å²) >= 11 is 1.91. The maximum absolute atomic E-state index is 13.3. The van der Waals surface area contributed by atoms with Crippen molar-refractivity contribution in [2.24, 2.45) is 5.16 Å². The fourth-order valence-corrected chi connectivity index (χ4v) is 6.39. The van der Waals surface area contributed by atoms with Crippen LogP contribution in [0.1, 0.15) is 30.2 Å². The Kier molecular flexibility index (Phi) is 9.64. The summed E-state index contributed by atoms with van der Waals surface area (Å²) in [5.41, 5.74) is 2.03. The first-order chi connectivity index (χ1) is 21.8. The number of hydrogen-bond donors (Lipinski definition) is 5. The van der Waals surface area contributed by atoms with Crippen LogP contribution in [0, 0.1) is 0 Å². The lowest BCUT2D eigenvalue weighted by atomic mass is 10.0. The van der Waals surface area contributed by atoms with Crippen molar-refractivity contribution in [3.05, 3.63) is 45.3 Å². The summed E-state index contributed by atoms with van der Waals surface area (Å²) < 4.78 is 5.22. The molecule has 0 radical (unpaired) electrons. The number of rotatable bonds is 13. The summed E-state index contributed by atoms with van der Waals surface area (Å²) in [5, 5.41) is 46.1. The SMILES string of the molecule is CC(C)(ON=C(C(=O)N[C@@H]1C(=O)N2C(C(=O)[O-])=C(C[N+](C)(C)CCn3cc(O)c(=O)cc3C(=O)O)CS[C@@H]12)c1nsc(N)n1)C(=O)O. The number of fused-ring (bicyclic) bond motifs is 1. The number of nitrogens with two attached hydrogens (primary N) is 1. The first-order valence-electron chi connectivity index (χ1n) is 13.6. The lowest BCUT2D eigenvalue weighted by Crippen LogP contribution is -2.71. The number of likely N-dealkylation sites (N-methyl/N-ethyl adjacent to an activating group) is 1. The third-order valence-electron chi connectivity index (χ3n) is 7.17. The molecule has 252 valence electrons. The zero-order valence-corrected chi connectivity index (χ0v) is 27.0. The van der Waals surface area contributed by atoms with E-state index in [1.165, 1.54) is 30.2 Å². The highest BCUT2D eigenvalue weighted by atomic mass is 32.2. The van der Waals surface area contributed by atoms with E-state index in [-0.39, 0.29) is 52.2 Å². The highest BCUT2D eigenvalue weighted by Gasteiger charge is 2.53. The summed E-state index contributed by atoms with van der Waals surface area (Å²) in [6.07, 6.45) is 1.01. The van der Waals surface area contributed by atoms with Gasteiger partial charge < -0.3 is 50.2 Å². The largest absolute Gasteiger partial charge is 0.543 e. The summed E-state index contributed by atoms with van der Waals surface area (Å²) in [6, 6.07) is -0.402. The number of aromatic nitrogens is 3. The standard InChI is InChI=1S/C26H30N8O11S2/c1-26(2,24(43)44)45-30-15(18-29-25(27)47-31-18)19(37)28-16-20(38)33-17(23(41)42)11(10-46-21(16)33)9-34(3,4)6-5-32-8-14(36)13(35)7-12(32)22(39)40/h7-8,16,21H,5-6,9-10H2,1-4H3,(H6-,27,28,29,31,36,37,39,40,41,42,43,44)/t16-,21+/m1/s1. The van der Waals surface area contributed by atoms with Gasteiger partial charge in [0, 0.05) is 28.9 Å². The smallest absolute Gasteiger partial charge is 0.352 e. The molecule has 47 heavy (non-hydrogen) atoms. The Balaban J connectivity index is 1.52. The van der Waals surface area contributed by atoms with Crippen LogP contribution in [0.15, 0.2) is 33.5 Å². The molecule has 2 aromatic rings. The number of nitrogens with zero attached hydrogens (tertiary/aromatic N) is 6. The molecule has 2 aliphatic rings. The predicted molar refractivity (Wildman–Crippen MR) is 162 cm³/mol. The molecule has 0 spiro atoms. The van der Waals surface area contributed by atoms with Gasteiger partial charge in [-0.3, -0.25) is 19.3 Å². The number of carbonyl (C=O) groups excluding carboxylic acids is 3. The van der Waals surface area contributed by atoms with Crippen LogP contribution in [0.4, 0.5) is 5.13 Å². The second-order valence-corrected chi connectivity index (χ2v) is 13.5. The van der Waals surface area contributed by atoms with E-state index in [0.717, 1.165) is 28.7 Å². The Morgan fingerprint density at radius 2 is 1.94 bits per heavy atom. The molecule has 2 aliphatic heterocycles. The topological polar surface area (TPSA) is 280 Å². The molecule has 0 unspecified atom stereocenters. The second-order valence-electron chi connectivity index (χ2n) is 11.6. The van der Waals surface area contributed by atoms with E-state index in [9.17, 15) is 49.2 Å². The maximum atomic E-state index is 13.3. The summed E-state index contributed by atoms with van der Waals surface area (Å²) in [4.78, 5) is 83.5. The average molecular weight is 695 g/mol. The minimum absolute atomic E-state index is 0.0243. The van der Waals surface area contributed by atoms with Crippen LogP contribution in [-0.4, -0.2) is 124 Å². The number of pyridine rings is 1. The molecule has 2 aromatic heterocycles. The summed E-state index contributed by atoms with van der Waals surface area (Å²) in [7, 11) is 3.49. The Labute approximate surface area is 273 Å². The van der Waals surface area contributed by atoms with Crippen LogP contribution < -0.4 is 21.6 Å². The monoisotopic (exact) mass is 694 g/mol. The molecular formula is C26H30N8O11S2. The molecular weight excluding hydrogens is 664 g/mol. The van der Waals surface area contributed by atoms with Crippen LogP contribution in [0.2, 0.25) is 0 Å². The zero-order valence-electron chi connectivity index (χ0n) is 25.3. The maximum Gasteiger partial charge on any atom is 0.352 e. The van der Waals surface area contributed by atoms with Crippen LogP contribution in [0.3, 0.4) is 0 Å². The fraction of sp³-hybridized carbons (Fsp3) is 0.423. The van der Waals surface area contributed by atoms with Gasteiger partial charge in [0.15, 0.2) is 10.9 Å². The number of nitrogen functional groups attached to an aromatic ring is 1. The molecule has 4 rings (SSSR count). The molecule has 0 aliphatic carbocycles. The number of hydrogen-bond acceptors (Lipinski definition) is 15. The van der Waals surface area contributed by atoms with Crippen LogP contribution in [0.5, 0.6) is 5.75 Å². The van der Waals surface area contributed by atoms with Gasteiger partial charge in [0.2, 0.25) is 22.6 Å². The van der Waals surface area contributed by atoms with Gasteiger partial charge in [-0.15, -0.1) is 11.8 Å². The van der Waals surface area contributed by atoms with Gasteiger partial charge >= 0.3 is 11.9 Å². The van der Waals surface area contributed by atoms with Crippen molar-refractivity contribution in [2.75, 3.05) is 38.7 Å². The van der Waals surface area contributed by atoms with Crippen molar-refractivity contribution < 1.29 is 53.7 Å². The number of carboxylic acids is 3. The molecule has 1 saturated heterocycles. The van der Waals surface area contributed by atoms with Crippen LogP contribution >= 0.6 is 23.3 Å². The Morgan fingerprint density at radius 3 is 2.51 bits per heavy atom. The van der Waals surface area contributed by atoms with Gasteiger partial charge in [-0.1, -0.05) is 5.16 Å².